The Balaban J connectivity index is 1.95. The molecule has 0 saturated carbocycles. The fraction of sp³-hybridized carbons (Fsp3) is 0.500. The third kappa shape index (κ3) is 2.63. The molecule has 16 heavy (non-hydrogen) atoms. The fourth-order valence-electron chi connectivity index (χ4n) is 2.21. The highest BCUT2D eigenvalue weighted by molar-refractivity contribution is 5.69. The van der Waals surface area contributed by atoms with Gasteiger partial charge in [0, 0.05) is 12.8 Å². The lowest BCUT2D eigenvalue weighted by Gasteiger charge is -2.24. The van der Waals surface area contributed by atoms with E-state index in [0.717, 1.165) is 25.7 Å². The molecule has 2 heteroatoms. The summed E-state index contributed by atoms with van der Waals surface area (Å²) in [7, 11) is 0. The lowest BCUT2D eigenvalue weighted by Crippen LogP contribution is -2.25. The summed E-state index contributed by atoms with van der Waals surface area (Å²) in [6, 6.07) is 8.42. The van der Waals surface area contributed by atoms with Crippen LogP contribution in [0.5, 0.6) is 0 Å². The van der Waals surface area contributed by atoms with Gasteiger partial charge in [-0.3, -0.25) is 4.79 Å². The zero-order valence-electron chi connectivity index (χ0n) is 9.74. The standard InChI is InChI=1S/C14H18O2/c1-2-5-14(15)16-13-9-8-11-6-3-4-7-12(11)10-13/h3-4,6-7,13H,2,5,8-10H2,1H3/t13-/m0/s1. The van der Waals surface area contributed by atoms with Gasteiger partial charge in [-0.1, -0.05) is 31.2 Å². The van der Waals surface area contributed by atoms with Gasteiger partial charge < -0.3 is 4.74 Å². The summed E-state index contributed by atoms with van der Waals surface area (Å²) < 4.78 is 5.45. The van der Waals surface area contributed by atoms with Crippen LogP contribution in [0.3, 0.4) is 0 Å². The van der Waals surface area contributed by atoms with Crippen molar-refractivity contribution in [1.82, 2.24) is 0 Å². The van der Waals surface area contributed by atoms with Gasteiger partial charge in [-0.25, -0.2) is 0 Å². The molecular formula is C14H18O2. The van der Waals surface area contributed by atoms with E-state index in [1.54, 1.807) is 0 Å². The quantitative estimate of drug-likeness (QED) is 0.729. The molecule has 0 saturated heterocycles. The van der Waals surface area contributed by atoms with Crippen molar-refractivity contribution in [1.29, 1.82) is 0 Å². The van der Waals surface area contributed by atoms with Crippen molar-refractivity contribution in [3.63, 3.8) is 0 Å². The molecule has 1 aliphatic rings. The van der Waals surface area contributed by atoms with E-state index in [4.69, 9.17) is 4.74 Å². The molecule has 0 N–H and O–H groups in total. The lowest BCUT2D eigenvalue weighted by atomic mass is 9.90. The van der Waals surface area contributed by atoms with Crippen LogP contribution < -0.4 is 0 Å². The molecule has 0 radical (unpaired) electrons. The van der Waals surface area contributed by atoms with E-state index in [1.807, 2.05) is 6.92 Å². The molecule has 0 amide bonds. The smallest absolute Gasteiger partial charge is 0.306 e. The van der Waals surface area contributed by atoms with E-state index < -0.39 is 0 Å². The van der Waals surface area contributed by atoms with E-state index in [2.05, 4.69) is 24.3 Å². The zero-order chi connectivity index (χ0) is 11.4. The number of hydrogen-bond acceptors (Lipinski definition) is 2. The number of ether oxygens (including phenoxy) is 1. The van der Waals surface area contributed by atoms with Crippen molar-refractivity contribution in [3.05, 3.63) is 35.4 Å². The van der Waals surface area contributed by atoms with Crippen molar-refractivity contribution < 1.29 is 9.53 Å². The minimum atomic E-state index is -0.0492. The van der Waals surface area contributed by atoms with Crippen molar-refractivity contribution in [2.24, 2.45) is 0 Å². The van der Waals surface area contributed by atoms with E-state index >= 15 is 0 Å². The highest BCUT2D eigenvalue weighted by atomic mass is 16.5. The zero-order valence-corrected chi connectivity index (χ0v) is 9.74. The molecule has 1 aromatic carbocycles. The van der Waals surface area contributed by atoms with Crippen LogP contribution in [0, 0.1) is 0 Å². The maximum atomic E-state index is 11.4. The van der Waals surface area contributed by atoms with Gasteiger partial charge in [0.25, 0.3) is 0 Å². The van der Waals surface area contributed by atoms with Crippen LogP contribution >= 0.6 is 0 Å². The van der Waals surface area contributed by atoms with Crippen molar-refractivity contribution in [2.45, 2.75) is 45.1 Å². The van der Waals surface area contributed by atoms with Crippen molar-refractivity contribution in [3.8, 4) is 0 Å². The average molecular weight is 218 g/mol. The number of hydrogen-bond donors (Lipinski definition) is 0. The Morgan fingerprint density at radius 1 is 1.38 bits per heavy atom. The normalized spacial score (nSPS) is 18.9. The summed E-state index contributed by atoms with van der Waals surface area (Å²) in [4.78, 5) is 11.4. The topological polar surface area (TPSA) is 26.3 Å². The molecular weight excluding hydrogens is 200 g/mol. The van der Waals surface area contributed by atoms with Gasteiger partial charge in [0.15, 0.2) is 0 Å². The molecule has 0 heterocycles. The molecule has 1 atom stereocenters. The first-order chi connectivity index (χ1) is 7.79. The molecule has 0 unspecified atom stereocenters. The number of fused-ring (bicyclic) bond motifs is 1. The molecule has 86 valence electrons. The van der Waals surface area contributed by atoms with Gasteiger partial charge >= 0.3 is 5.97 Å². The minimum Gasteiger partial charge on any atom is -0.462 e. The van der Waals surface area contributed by atoms with Crippen LogP contribution in [0.4, 0.5) is 0 Å². The first kappa shape index (κ1) is 11.2. The molecule has 1 aliphatic carbocycles. The Morgan fingerprint density at radius 2 is 2.12 bits per heavy atom. The Kier molecular flexibility index (Phi) is 3.60. The fourth-order valence-corrected chi connectivity index (χ4v) is 2.21. The average Bonchev–Trinajstić information content (AvgIpc) is 2.29. The Labute approximate surface area is 96.6 Å². The highest BCUT2D eigenvalue weighted by Crippen LogP contribution is 2.23. The first-order valence-corrected chi connectivity index (χ1v) is 6.06. The van der Waals surface area contributed by atoms with Crippen LogP contribution in [-0.2, 0) is 22.4 Å². The summed E-state index contributed by atoms with van der Waals surface area (Å²) in [6.45, 7) is 2.00. The molecule has 0 aromatic heterocycles. The maximum Gasteiger partial charge on any atom is 0.306 e. The Morgan fingerprint density at radius 3 is 2.88 bits per heavy atom. The summed E-state index contributed by atoms with van der Waals surface area (Å²) >= 11 is 0. The Hall–Kier alpha value is -1.31. The lowest BCUT2D eigenvalue weighted by molar-refractivity contribution is -0.149. The summed E-state index contributed by atoms with van der Waals surface area (Å²) in [5.74, 6) is -0.0492. The summed E-state index contributed by atoms with van der Waals surface area (Å²) in [5, 5.41) is 0. The van der Waals surface area contributed by atoms with Crippen molar-refractivity contribution in [2.75, 3.05) is 0 Å². The maximum absolute atomic E-state index is 11.4. The number of aryl methyl sites for hydroxylation is 1. The van der Waals surface area contributed by atoms with Gasteiger partial charge in [-0.2, -0.15) is 0 Å². The van der Waals surface area contributed by atoms with Crippen LogP contribution in [0.25, 0.3) is 0 Å². The molecule has 0 spiro atoms. The predicted molar refractivity (Wildman–Crippen MR) is 63.3 cm³/mol. The third-order valence-corrected chi connectivity index (χ3v) is 3.05. The largest absolute Gasteiger partial charge is 0.462 e. The van der Waals surface area contributed by atoms with Gasteiger partial charge in [0.05, 0.1) is 0 Å². The molecule has 1 aromatic rings. The Bertz CT molecular complexity index is 371. The SMILES string of the molecule is CCCC(=O)O[C@H]1CCc2ccccc2C1. The molecule has 0 bridgehead atoms. The monoisotopic (exact) mass is 218 g/mol. The van der Waals surface area contributed by atoms with Gasteiger partial charge in [-0.15, -0.1) is 0 Å². The van der Waals surface area contributed by atoms with Crippen molar-refractivity contribution >= 4 is 5.97 Å². The number of benzene rings is 1. The van der Waals surface area contributed by atoms with E-state index in [0.29, 0.717) is 6.42 Å². The first-order valence-electron chi connectivity index (χ1n) is 6.06. The van der Waals surface area contributed by atoms with E-state index in [1.165, 1.54) is 11.1 Å². The molecule has 0 aliphatic heterocycles. The van der Waals surface area contributed by atoms with Gasteiger partial charge in [0.1, 0.15) is 6.10 Å². The van der Waals surface area contributed by atoms with E-state index in [9.17, 15) is 4.79 Å². The summed E-state index contributed by atoms with van der Waals surface area (Å²) in [5.41, 5.74) is 2.74. The molecule has 2 nitrogen and oxygen atoms in total. The van der Waals surface area contributed by atoms with Crippen LogP contribution in [0.15, 0.2) is 24.3 Å². The van der Waals surface area contributed by atoms with Crippen LogP contribution in [0.1, 0.15) is 37.3 Å². The van der Waals surface area contributed by atoms with Gasteiger partial charge in [-0.05, 0) is 30.4 Å². The molecule has 2 rings (SSSR count). The number of carbonyl (C=O) groups excluding carboxylic acids is 1. The van der Waals surface area contributed by atoms with Crippen LogP contribution in [-0.4, -0.2) is 12.1 Å². The number of esters is 1. The second-order valence-electron chi connectivity index (χ2n) is 4.37. The second kappa shape index (κ2) is 5.15. The number of carbonyl (C=O) groups is 1. The highest BCUT2D eigenvalue weighted by Gasteiger charge is 2.20. The molecule has 0 fully saturated rings. The van der Waals surface area contributed by atoms with E-state index in [-0.39, 0.29) is 12.1 Å². The van der Waals surface area contributed by atoms with Crippen LogP contribution in [0.2, 0.25) is 0 Å². The second-order valence-corrected chi connectivity index (χ2v) is 4.37. The number of rotatable bonds is 3. The van der Waals surface area contributed by atoms with Gasteiger partial charge in [0.2, 0.25) is 0 Å². The minimum absolute atomic E-state index is 0.0492. The third-order valence-electron chi connectivity index (χ3n) is 3.05. The summed E-state index contributed by atoms with van der Waals surface area (Å²) in [6.07, 6.45) is 4.37. The predicted octanol–water partition coefficient (Wildman–Crippen LogP) is 2.89.